The van der Waals surface area contributed by atoms with E-state index in [4.69, 9.17) is 0 Å². The molecule has 0 saturated carbocycles. The van der Waals surface area contributed by atoms with Gasteiger partial charge in [-0.3, -0.25) is 0 Å². The van der Waals surface area contributed by atoms with Crippen LogP contribution in [0.3, 0.4) is 0 Å². The Morgan fingerprint density at radius 1 is 1.21 bits per heavy atom. The van der Waals surface area contributed by atoms with Gasteiger partial charge in [-0.15, -0.1) is 0 Å². The van der Waals surface area contributed by atoms with Gasteiger partial charge in [-0.25, -0.2) is 0 Å². The third-order valence-corrected chi connectivity index (χ3v) is 3.32. The van der Waals surface area contributed by atoms with Crippen LogP contribution in [0.4, 0.5) is 0 Å². The van der Waals surface area contributed by atoms with E-state index in [1.807, 2.05) is 0 Å². The minimum Gasteiger partial charge on any atom is -0.323 e. The molecule has 0 saturated heterocycles. The lowest BCUT2D eigenvalue weighted by atomic mass is 10.1. The van der Waals surface area contributed by atoms with E-state index in [1.54, 1.807) is 5.56 Å². The first-order chi connectivity index (χ1) is 6.86. The molecule has 0 atom stereocenters. The minimum absolute atomic E-state index is 1.25. The van der Waals surface area contributed by atoms with Crippen molar-refractivity contribution in [3.63, 3.8) is 0 Å². The molecule has 0 N–H and O–H groups in total. The lowest BCUT2D eigenvalue weighted by molar-refractivity contribution is 0.750. The molecule has 1 nitrogen and oxygen atoms in total. The van der Waals surface area contributed by atoms with Gasteiger partial charge in [0.2, 0.25) is 0 Å². The maximum Gasteiger partial charge on any atom is 0.0516 e. The van der Waals surface area contributed by atoms with E-state index >= 15 is 0 Å². The fourth-order valence-electron chi connectivity index (χ4n) is 2.64. The summed E-state index contributed by atoms with van der Waals surface area (Å²) >= 11 is 0. The predicted octanol–water partition coefficient (Wildman–Crippen LogP) is 3.13. The summed E-state index contributed by atoms with van der Waals surface area (Å²) < 4.78 is 2.30. The lowest BCUT2D eigenvalue weighted by Crippen LogP contribution is -1.89. The van der Waals surface area contributed by atoms with E-state index in [1.165, 1.54) is 42.3 Å². The van der Waals surface area contributed by atoms with Gasteiger partial charge in [0.15, 0.2) is 0 Å². The van der Waals surface area contributed by atoms with Crippen molar-refractivity contribution in [1.29, 1.82) is 0 Å². The summed E-state index contributed by atoms with van der Waals surface area (Å²) in [6, 6.07) is 4.44. The summed E-state index contributed by atoms with van der Waals surface area (Å²) in [6.07, 6.45) is 9.63. The quantitative estimate of drug-likeness (QED) is 0.594. The molecule has 72 valence electrons. The smallest absolute Gasteiger partial charge is 0.0516 e. The van der Waals surface area contributed by atoms with Crippen LogP contribution >= 0.6 is 0 Å². The van der Waals surface area contributed by atoms with Crippen LogP contribution in [0, 0.1) is 6.92 Å². The maximum atomic E-state index is 2.30. The Hall–Kier alpha value is -1.24. The summed E-state index contributed by atoms with van der Waals surface area (Å²) in [5.74, 6) is 0. The fourth-order valence-corrected chi connectivity index (χ4v) is 2.64. The normalized spacial score (nSPS) is 15.8. The molecule has 1 heteroatoms. The van der Waals surface area contributed by atoms with Crippen LogP contribution in [0.2, 0.25) is 0 Å². The van der Waals surface area contributed by atoms with Gasteiger partial charge in [0, 0.05) is 12.4 Å². The number of rotatable bonds is 0. The topological polar surface area (TPSA) is 4.41 Å². The first-order valence-corrected chi connectivity index (χ1v) is 5.44. The van der Waals surface area contributed by atoms with Gasteiger partial charge in [0.05, 0.1) is 5.52 Å². The molecule has 2 aromatic rings. The molecule has 2 aromatic heterocycles. The molecule has 1 aliphatic carbocycles. The Labute approximate surface area is 84.4 Å². The average molecular weight is 185 g/mol. The first-order valence-electron chi connectivity index (χ1n) is 5.44. The number of hydrogen-bond acceptors (Lipinski definition) is 0. The number of hydrogen-bond donors (Lipinski definition) is 0. The second-order valence-electron chi connectivity index (χ2n) is 4.29. The second kappa shape index (κ2) is 2.88. The Morgan fingerprint density at radius 2 is 2.07 bits per heavy atom. The molecule has 1 aliphatic rings. The summed E-state index contributed by atoms with van der Waals surface area (Å²) in [4.78, 5) is 0. The molecular formula is C13H15N. The van der Waals surface area contributed by atoms with Gasteiger partial charge >= 0.3 is 0 Å². The van der Waals surface area contributed by atoms with Gasteiger partial charge in [0.25, 0.3) is 0 Å². The van der Waals surface area contributed by atoms with Crippen molar-refractivity contribution >= 4 is 5.52 Å². The van der Waals surface area contributed by atoms with E-state index in [9.17, 15) is 0 Å². The Morgan fingerprint density at radius 3 is 3.00 bits per heavy atom. The van der Waals surface area contributed by atoms with Crippen molar-refractivity contribution in [3.05, 3.63) is 41.2 Å². The number of pyridine rings is 1. The molecule has 0 amide bonds. The highest BCUT2D eigenvalue weighted by Gasteiger charge is 2.13. The van der Waals surface area contributed by atoms with Crippen molar-refractivity contribution in [1.82, 2.24) is 4.40 Å². The van der Waals surface area contributed by atoms with E-state index in [-0.39, 0.29) is 0 Å². The van der Waals surface area contributed by atoms with Crippen LogP contribution in [0.25, 0.3) is 5.52 Å². The second-order valence-corrected chi connectivity index (χ2v) is 4.29. The molecular weight excluding hydrogens is 170 g/mol. The molecule has 14 heavy (non-hydrogen) atoms. The van der Waals surface area contributed by atoms with Crippen LogP contribution in [0.15, 0.2) is 24.5 Å². The van der Waals surface area contributed by atoms with Gasteiger partial charge in [0.1, 0.15) is 0 Å². The number of nitrogens with zero attached hydrogens (tertiary/aromatic N) is 1. The summed E-state index contributed by atoms with van der Waals surface area (Å²) in [5.41, 5.74) is 6.06. The molecule has 0 fully saturated rings. The summed E-state index contributed by atoms with van der Waals surface area (Å²) in [6.45, 7) is 2.23. The van der Waals surface area contributed by atoms with Crippen molar-refractivity contribution in [2.45, 2.75) is 32.6 Å². The summed E-state index contributed by atoms with van der Waals surface area (Å²) in [5, 5.41) is 0. The van der Waals surface area contributed by atoms with Gasteiger partial charge < -0.3 is 4.40 Å². The molecule has 2 heterocycles. The number of aryl methyl sites for hydroxylation is 3. The zero-order valence-electron chi connectivity index (χ0n) is 8.59. The van der Waals surface area contributed by atoms with Crippen molar-refractivity contribution in [2.75, 3.05) is 0 Å². The van der Waals surface area contributed by atoms with E-state index in [0.717, 1.165) is 0 Å². The summed E-state index contributed by atoms with van der Waals surface area (Å²) in [7, 11) is 0. The minimum atomic E-state index is 1.25. The zero-order valence-corrected chi connectivity index (χ0v) is 8.59. The molecule has 0 aromatic carbocycles. The Bertz CT molecular complexity index is 479. The van der Waals surface area contributed by atoms with E-state index in [0.29, 0.717) is 0 Å². The molecule has 0 bridgehead atoms. The molecule has 3 rings (SSSR count). The lowest BCUT2D eigenvalue weighted by Gasteiger charge is -2.02. The van der Waals surface area contributed by atoms with Gasteiger partial charge in [-0.05, 0) is 55.4 Å². The first kappa shape index (κ1) is 8.10. The van der Waals surface area contributed by atoms with Gasteiger partial charge in [-0.2, -0.15) is 0 Å². The van der Waals surface area contributed by atoms with Crippen LogP contribution in [0.5, 0.6) is 0 Å². The highest BCUT2D eigenvalue weighted by molar-refractivity contribution is 5.65. The van der Waals surface area contributed by atoms with Crippen LogP contribution < -0.4 is 0 Å². The Kier molecular flexibility index (Phi) is 1.66. The maximum absolute atomic E-state index is 2.30. The van der Waals surface area contributed by atoms with E-state index < -0.39 is 0 Å². The molecule has 0 spiro atoms. The van der Waals surface area contributed by atoms with Crippen molar-refractivity contribution < 1.29 is 0 Å². The zero-order chi connectivity index (χ0) is 9.54. The van der Waals surface area contributed by atoms with Gasteiger partial charge in [-0.1, -0.05) is 6.07 Å². The number of aromatic nitrogens is 1. The standard InChI is InChI=1S/C13H15N/c1-10-9-14-8-4-6-11-5-2-3-7-12(10)13(11)14/h4,6,8-9H,2-3,5,7H2,1H3. The monoisotopic (exact) mass is 185 g/mol. The van der Waals surface area contributed by atoms with E-state index in [2.05, 4.69) is 35.9 Å². The molecule has 0 unspecified atom stereocenters. The highest BCUT2D eigenvalue weighted by Crippen LogP contribution is 2.27. The largest absolute Gasteiger partial charge is 0.323 e. The van der Waals surface area contributed by atoms with Crippen molar-refractivity contribution in [3.8, 4) is 0 Å². The molecule has 0 radical (unpaired) electrons. The highest BCUT2D eigenvalue weighted by atomic mass is 14.9. The average Bonchev–Trinajstić information content (AvgIpc) is 2.39. The fraction of sp³-hybridized carbons (Fsp3) is 0.385. The Balaban J connectivity index is 2.42. The van der Waals surface area contributed by atoms with Crippen LogP contribution in [-0.2, 0) is 12.8 Å². The third-order valence-electron chi connectivity index (χ3n) is 3.32. The predicted molar refractivity (Wildman–Crippen MR) is 58.8 cm³/mol. The van der Waals surface area contributed by atoms with Crippen LogP contribution in [-0.4, -0.2) is 4.40 Å². The molecule has 0 aliphatic heterocycles. The van der Waals surface area contributed by atoms with Crippen LogP contribution in [0.1, 0.15) is 29.5 Å². The third kappa shape index (κ3) is 1.02. The SMILES string of the molecule is Cc1cn2cccc3c2c1CCCC3. The van der Waals surface area contributed by atoms with Crippen molar-refractivity contribution in [2.24, 2.45) is 0 Å².